The lowest BCUT2D eigenvalue weighted by Gasteiger charge is -2.25. The zero-order chi connectivity index (χ0) is 42.6. The molecule has 8 nitrogen and oxygen atoms in total. The third-order valence-corrected chi connectivity index (χ3v) is 9.86. The molecule has 1 aliphatic rings. The molecule has 2 N–H and O–H groups in total. The van der Waals surface area contributed by atoms with Gasteiger partial charge in [0.25, 0.3) is 0 Å². The molecule has 0 amide bonds. The predicted molar refractivity (Wildman–Crippen MR) is 229 cm³/mol. The summed E-state index contributed by atoms with van der Waals surface area (Å²) in [5.74, 6) is -2.07. The topological polar surface area (TPSA) is 89.1 Å². The van der Waals surface area contributed by atoms with Crippen LogP contribution in [-0.4, -0.2) is 63.5 Å². The normalized spacial score (nSPS) is 12.7. The Morgan fingerprint density at radius 2 is 1.13 bits per heavy atom. The van der Waals surface area contributed by atoms with E-state index in [4.69, 9.17) is 14.2 Å². The number of rotatable bonds is 13. The molecular formula is C47H40BrF4N3O5. The van der Waals surface area contributed by atoms with Gasteiger partial charge in [-0.1, -0.05) is 34.1 Å². The number of carbonyl (C=O) groups is 2. The molecule has 6 aromatic carbocycles. The SMILES string of the molecule is COc1ccc(/C=C/CN2CCOCC2)cc1C(=O)c1ccc(Nc2ccc(F)cc2F)cc1.COc1ccc(Br)cc1C(=O)c1ccc(Nc2ccc(F)cc2F)cc1. The first kappa shape index (κ1) is 43.3. The Morgan fingerprint density at radius 3 is 1.62 bits per heavy atom. The van der Waals surface area contributed by atoms with Crippen LogP contribution in [0, 0.1) is 23.3 Å². The third kappa shape index (κ3) is 11.5. The number of nitrogens with one attached hydrogen (secondary N) is 2. The lowest BCUT2D eigenvalue weighted by Crippen LogP contribution is -2.36. The molecule has 0 bridgehead atoms. The molecule has 1 saturated heterocycles. The summed E-state index contributed by atoms with van der Waals surface area (Å²) in [4.78, 5) is 28.2. The van der Waals surface area contributed by atoms with E-state index in [1.165, 1.54) is 38.5 Å². The highest BCUT2D eigenvalue weighted by atomic mass is 79.9. The predicted octanol–water partition coefficient (Wildman–Crippen LogP) is 11.0. The molecule has 6 aromatic rings. The highest BCUT2D eigenvalue weighted by molar-refractivity contribution is 9.10. The van der Waals surface area contributed by atoms with Crippen LogP contribution in [0.5, 0.6) is 11.5 Å². The van der Waals surface area contributed by atoms with Crippen LogP contribution in [0.2, 0.25) is 0 Å². The van der Waals surface area contributed by atoms with Crippen LogP contribution in [-0.2, 0) is 4.74 Å². The van der Waals surface area contributed by atoms with Crippen molar-refractivity contribution in [3.05, 3.63) is 183 Å². The summed E-state index contributed by atoms with van der Waals surface area (Å²) in [6.45, 7) is 4.15. The quantitative estimate of drug-likeness (QED) is 0.0876. The van der Waals surface area contributed by atoms with Crippen LogP contribution in [0.4, 0.5) is 40.3 Å². The van der Waals surface area contributed by atoms with Gasteiger partial charge < -0.3 is 24.8 Å². The average molecular weight is 883 g/mol. The Labute approximate surface area is 353 Å². The van der Waals surface area contributed by atoms with Crippen molar-refractivity contribution < 1.29 is 41.4 Å². The van der Waals surface area contributed by atoms with E-state index in [1.807, 2.05) is 18.2 Å². The Morgan fingerprint density at radius 1 is 0.650 bits per heavy atom. The molecule has 0 spiro atoms. The molecule has 0 aliphatic carbocycles. The number of hydrogen-bond donors (Lipinski definition) is 2. The minimum absolute atomic E-state index is 0.152. The van der Waals surface area contributed by atoms with E-state index in [2.05, 4.69) is 37.5 Å². The number of halogens is 5. The zero-order valence-electron chi connectivity index (χ0n) is 32.6. The molecule has 7 rings (SSSR count). The van der Waals surface area contributed by atoms with Gasteiger partial charge >= 0.3 is 0 Å². The number of morpholine rings is 1. The fraction of sp³-hybridized carbons (Fsp3) is 0.149. The summed E-state index contributed by atoms with van der Waals surface area (Å²) >= 11 is 3.35. The molecule has 0 aromatic heterocycles. The van der Waals surface area contributed by atoms with Crippen molar-refractivity contribution >= 4 is 56.3 Å². The molecule has 60 heavy (non-hydrogen) atoms. The van der Waals surface area contributed by atoms with E-state index < -0.39 is 23.3 Å². The Kier molecular flexibility index (Phi) is 14.9. The summed E-state index contributed by atoms with van der Waals surface area (Å²) in [6.07, 6.45) is 4.08. The molecule has 13 heteroatoms. The van der Waals surface area contributed by atoms with Gasteiger partial charge in [0.1, 0.15) is 34.8 Å². The van der Waals surface area contributed by atoms with Crippen molar-refractivity contribution in [2.24, 2.45) is 0 Å². The molecule has 0 saturated carbocycles. The molecule has 0 radical (unpaired) electrons. The van der Waals surface area contributed by atoms with Gasteiger partial charge in [0.2, 0.25) is 0 Å². The fourth-order valence-electron chi connectivity index (χ4n) is 6.20. The maximum Gasteiger partial charge on any atom is 0.196 e. The number of carbonyl (C=O) groups excluding carboxylic acids is 2. The van der Waals surface area contributed by atoms with Gasteiger partial charge in [-0.3, -0.25) is 14.5 Å². The van der Waals surface area contributed by atoms with Gasteiger partial charge in [0, 0.05) is 58.7 Å². The first-order valence-corrected chi connectivity index (χ1v) is 19.5. The maximum absolute atomic E-state index is 13.9. The van der Waals surface area contributed by atoms with Gasteiger partial charge in [-0.15, -0.1) is 0 Å². The van der Waals surface area contributed by atoms with Gasteiger partial charge in [0.15, 0.2) is 11.6 Å². The second-order valence-corrected chi connectivity index (χ2v) is 14.3. The molecule has 0 unspecified atom stereocenters. The average Bonchev–Trinajstić information content (AvgIpc) is 3.26. The van der Waals surface area contributed by atoms with Crippen molar-refractivity contribution in [1.82, 2.24) is 4.90 Å². The summed E-state index contributed by atoms with van der Waals surface area (Å²) in [5.41, 5.74) is 4.19. The van der Waals surface area contributed by atoms with Crippen LogP contribution in [0.15, 0.2) is 132 Å². The minimum Gasteiger partial charge on any atom is -0.496 e. The van der Waals surface area contributed by atoms with Crippen molar-refractivity contribution in [2.75, 3.05) is 57.7 Å². The first-order chi connectivity index (χ1) is 29.0. The van der Waals surface area contributed by atoms with E-state index in [9.17, 15) is 27.2 Å². The standard InChI is InChI=1S/C27H26F2N2O3.C20H14BrF2NO2/c1-33-26-11-4-19(3-2-12-31-13-15-34-16-14-31)17-23(26)27(32)20-5-8-22(9-6-20)30-25-10-7-21(28)18-24(25)29;1-26-19-9-4-13(21)10-16(19)20(25)12-2-6-15(7-3-12)24-18-8-5-14(22)11-17(18)23/h2-11,17-18,30H,12-16H2,1H3;2-11,24H,1H3/b3-2+;. The van der Waals surface area contributed by atoms with Crippen LogP contribution in [0.1, 0.15) is 37.4 Å². The van der Waals surface area contributed by atoms with Gasteiger partial charge in [0.05, 0.1) is 49.9 Å². The molecule has 1 heterocycles. The van der Waals surface area contributed by atoms with E-state index in [0.29, 0.717) is 45.1 Å². The molecule has 1 aliphatic heterocycles. The van der Waals surface area contributed by atoms with Crippen LogP contribution >= 0.6 is 15.9 Å². The number of benzene rings is 6. The fourth-order valence-corrected chi connectivity index (χ4v) is 6.56. The van der Waals surface area contributed by atoms with Crippen LogP contribution < -0.4 is 20.1 Å². The third-order valence-electron chi connectivity index (χ3n) is 9.37. The number of methoxy groups -OCH3 is 2. The molecule has 308 valence electrons. The highest BCUT2D eigenvalue weighted by Gasteiger charge is 2.17. The second-order valence-electron chi connectivity index (χ2n) is 13.4. The summed E-state index contributed by atoms with van der Waals surface area (Å²) < 4.78 is 70.5. The first-order valence-electron chi connectivity index (χ1n) is 18.7. The summed E-state index contributed by atoms with van der Waals surface area (Å²) in [5, 5.41) is 5.74. The van der Waals surface area contributed by atoms with Gasteiger partial charge in [-0.25, -0.2) is 17.6 Å². The number of ketones is 2. The summed E-state index contributed by atoms with van der Waals surface area (Å²) in [7, 11) is 3.04. The van der Waals surface area contributed by atoms with Crippen molar-refractivity contribution in [3.8, 4) is 11.5 Å². The van der Waals surface area contributed by atoms with Crippen LogP contribution in [0.3, 0.4) is 0 Å². The Hall–Kier alpha value is -6.28. The van der Waals surface area contributed by atoms with E-state index in [1.54, 1.807) is 72.8 Å². The minimum atomic E-state index is -0.691. The molecule has 0 atom stereocenters. The van der Waals surface area contributed by atoms with E-state index in [0.717, 1.165) is 55.0 Å². The van der Waals surface area contributed by atoms with E-state index in [-0.39, 0.29) is 22.9 Å². The lowest BCUT2D eigenvalue weighted by molar-refractivity contribution is 0.0435. The van der Waals surface area contributed by atoms with Crippen molar-refractivity contribution in [1.29, 1.82) is 0 Å². The summed E-state index contributed by atoms with van der Waals surface area (Å²) in [6, 6.07) is 30.6. The Bertz CT molecular complexity index is 2480. The largest absolute Gasteiger partial charge is 0.496 e. The monoisotopic (exact) mass is 881 g/mol. The smallest absolute Gasteiger partial charge is 0.196 e. The second kappa shape index (κ2) is 20.6. The highest BCUT2D eigenvalue weighted by Crippen LogP contribution is 2.28. The molecular weight excluding hydrogens is 842 g/mol. The van der Waals surface area contributed by atoms with Crippen LogP contribution in [0.25, 0.3) is 6.08 Å². The molecule has 1 fully saturated rings. The van der Waals surface area contributed by atoms with Crippen molar-refractivity contribution in [2.45, 2.75) is 0 Å². The number of hydrogen-bond acceptors (Lipinski definition) is 8. The van der Waals surface area contributed by atoms with Gasteiger partial charge in [-0.05, 0) is 109 Å². The van der Waals surface area contributed by atoms with Crippen molar-refractivity contribution in [3.63, 3.8) is 0 Å². The lowest BCUT2D eigenvalue weighted by atomic mass is 9.99. The maximum atomic E-state index is 13.9. The Balaban J connectivity index is 0.000000209. The van der Waals surface area contributed by atoms with Gasteiger partial charge in [-0.2, -0.15) is 0 Å². The number of anilines is 4. The zero-order valence-corrected chi connectivity index (χ0v) is 34.2. The van der Waals surface area contributed by atoms with E-state index >= 15 is 0 Å². The number of nitrogens with zero attached hydrogens (tertiary/aromatic N) is 1. The number of ether oxygens (including phenoxy) is 3.